The Bertz CT molecular complexity index is 1170. The Labute approximate surface area is 179 Å². The van der Waals surface area contributed by atoms with Gasteiger partial charge in [-0.1, -0.05) is 0 Å². The van der Waals surface area contributed by atoms with Crippen LogP contribution in [0.2, 0.25) is 0 Å². The van der Waals surface area contributed by atoms with Gasteiger partial charge in [-0.25, -0.2) is 23.2 Å². The second-order valence-corrected chi connectivity index (χ2v) is 7.85. The minimum Gasteiger partial charge on any atom is -0.489 e. The lowest BCUT2D eigenvalue weighted by atomic mass is 9.89. The Balaban J connectivity index is 1.26. The molecule has 7 nitrogen and oxygen atoms in total. The van der Waals surface area contributed by atoms with Crippen molar-refractivity contribution < 1.29 is 27.0 Å². The summed E-state index contributed by atoms with van der Waals surface area (Å²) in [5.74, 6) is -0.575. The van der Waals surface area contributed by atoms with Crippen molar-refractivity contribution >= 4 is 0 Å². The lowest BCUT2D eigenvalue weighted by Crippen LogP contribution is -2.41. The molecule has 1 fully saturated rings. The Morgan fingerprint density at radius 3 is 2.50 bits per heavy atom. The molecule has 2 aromatic heterocycles. The van der Waals surface area contributed by atoms with Crippen molar-refractivity contribution in [3.8, 4) is 11.6 Å². The molecule has 168 valence electrons. The first-order chi connectivity index (χ1) is 15.4. The Morgan fingerprint density at radius 1 is 1.09 bits per heavy atom. The van der Waals surface area contributed by atoms with Gasteiger partial charge in [0.15, 0.2) is 0 Å². The summed E-state index contributed by atoms with van der Waals surface area (Å²) in [5.41, 5.74) is 0.0928. The summed E-state index contributed by atoms with van der Waals surface area (Å²) in [7, 11) is 0. The average Bonchev–Trinajstić information content (AvgIpc) is 3.25. The quantitative estimate of drug-likeness (QED) is 0.537. The van der Waals surface area contributed by atoms with E-state index in [9.17, 15) is 22.4 Å². The maximum Gasteiger partial charge on any atom is 0.388 e. The van der Waals surface area contributed by atoms with Crippen molar-refractivity contribution in [1.82, 2.24) is 19.3 Å². The van der Waals surface area contributed by atoms with Crippen LogP contribution in [0, 0.1) is 11.6 Å². The summed E-state index contributed by atoms with van der Waals surface area (Å²) >= 11 is 0. The van der Waals surface area contributed by atoms with Crippen LogP contribution < -0.4 is 15.2 Å². The number of aromatic nitrogens is 4. The summed E-state index contributed by atoms with van der Waals surface area (Å²) in [6.07, 6.45) is 3.27. The number of ether oxygens (including phenoxy) is 2. The first-order valence-electron chi connectivity index (χ1n) is 10.1. The van der Waals surface area contributed by atoms with Gasteiger partial charge in [-0.05, 0) is 30.2 Å². The predicted molar refractivity (Wildman–Crippen MR) is 103 cm³/mol. The minimum atomic E-state index is -2.95. The van der Waals surface area contributed by atoms with Crippen molar-refractivity contribution in [2.75, 3.05) is 0 Å². The molecule has 5 rings (SSSR count). The number of hydrogen-bond acceptors (Lipinski definition) is 5. The third-order valence-corrected chi connectivity index (χ3v) is 5.76. The largest absolute Gasteiger partial charge is 0.489 e. The molecule has 0 bridgehead atoms. The topological polar surface area (TPSA) is 71.2 Å². The van der Waals surface area contributed by atoms with E-state index >= 15 is 0 Å². The zero-order valence-corrected chi connectivity index (χ0v) is 16.6. The molecule has 0 amide bonds. The van der Waals surface area contributed by atoms with Gasteiger partial charge in [-0.2, -0.15) is 13.9 Å². The zero-order chi connectivity index (χ0) is 22.4. The molecule has 1 atom stereocenters. The highest BCUT2D eigenvalue weighted by molar-refractivity contribution is 5.25. The molecule has 1 aromatic carbocycles. The zero-order valence-electron chi connectivity index (χ0n) is 16.6. The van der Waals surface area contributed by atoms with Crippen LogP contribution >= 0.6 is 0 Å². The van der Waals surface area contributed by atoms with Gasteiger partial charge >= 0.3 is 12.3 Å². The number of halogens is 4. The van der Waals surface area contributed by atoms with Crippen molar-refractivity contribution in [2.45, 2.75) is 50.5 Å². The number of benzene rings is 1. The first kappa shape index (κ1) is 20.5. The van der Waals surface area contributed by atoms with Crippen molar-refractivity contribution in [2.24, 2.45) is 0 Å². The van der Waals surface area contributed by atoms with E-state index in [1.165, 1.54) is 39.7 Å². The van der Waals surface area contributed by atoms with Crippen molar-refractivity contribution in [3.05, 3.63) is 70.0 Å². The Kier molecular flexibility index (Phi) is 5.10. The lowest BCUT2D eigenvalue weighted by Gasteiger charge is -2.34. The highest BCUT2D eigenvalue weighted by Gasteiger charge is 2.37. The Morgan fingerprint density at radius 2 is 1.84 bits per heavy atom. The molecule has 0 saturated heterocycles. The maximum atomic E-state index is 13.6. The van der Waals surface area contributed by atoms with Gasteiger partial charge in [-0.15, -0.1) is 0 Å². The molecule has 1 aliphatic heterocycles. The summed E-state index contributed by atoms with van der Waals surface area (Å²) in [5, 5.41) is 4.44. The summed E-state index contributed by atoms with van der Waals surface area (Å²) in [4.78, 5) is 16.7. The molecule has 0 radical (unpaired) electrons. The number of nitrogens with zero attached hydrogens (tertiary/aromatic N) is 4. The molecule has 1 aliphatic carbocycles. The molecule has 0 N–H and O–H groups in total. The third kappa shape index (κ3) is 3.82. The molecule has 0 spiro atoms. The maximum absolute atomic E-state index is 13.6. The van der Waals surface area contributed by atoms with Crippen LogP contribution in [0.3, 0.4) is 0 Å². The molecule has 2 aliphatic rings. The predicted octanol–water partition coefficient (Wildman–Crippen LogP) is 3.64. The average molecular weight is 450 g/mol. The van der Waals surface area contributed by atoms with Crippen LogP contribution in [0.25, 0.3) is 0 Å². The molecule has 11 heteroatoms. The van der Waals surface area contributed by atoms with Crippen molar-refractivity contribution in [1.29, 1.82) is 0 Å². The number of aryl methyl sites for hydroxylation is 1. The molecule has 0 unspecified atom stereocenters. The van der Waals surface area contributed by atoms with E-state index < -0.39 is 24.3 Å². The molecular weight excluding hydrogens is 432 g/mol. The Hall–Kier alpha value is -3.37. The van der Waals surface area contributed by atoms with Crippen molar-refractivity contribution in [3.63, 3.8) is 0 Å². The number of rotatable bonds is 6. The normalized spacial score (nSPS) is 22.0. The summed E-state index contributed by atoms with van der Waals surface area (Å²) in [6, 6.07) is 5.44. The van der Waals surface area contributed by atoms with E-state index in [0.717, 1.165) is 6.07 Å². The standard InChI is InChI=1S/C21H18F4N4O3/c22-12-5-11(6-13(23)7-12)17-2-3-18-27-29(21(30)28(17)18)14-8-16(9-14)31-15-1-4-19(26-10-15)32-20(24)25/h1,4-7,10,14,16-17,20H,2-3,8-9H2/t14-,16-,17-/m0/s1. The van der Waals surface area contributed by atoms with Crippen LogP contribution in [0.4, 0.5) is 17.6 Å². The minimum absolute atomic E-state index is 0.162. The van der Waals surface area contributed by atoms with Gasteiger partial charge < -0.3 is 9.47 Å². The van der Waals surface area contributed by atoms with E-state index in [0.29, 0.717) is 42.8 Å². The fraction of sp³-hybridized carbons (Fsp3) is 0.381. The van der Waals surface area contributed by atoms with Crippen LogP contribution in [-0.4, -0.2) is 32.0 Å². The second kappa shape index (κ2) is 7.95. The van der Waals surface area contributed by atoms with Crippen LogP contribution in [0.15, 0.2) is 41.3 Å². The van der Waals surface area contributed by atoms with Crippen LogP contribution in [0.1, 0.15) is 42.7 Å². The van der Waals surface area contributed by atoms with E-state index in [1.54, 1.807) is 0 Å². The highest BCUT2D eigenvalue weighted by Crippen LogP contribution is 2.36. The summed E-state index contributed by atoms with van der Waals surface area (Å²) < 4.78 is 64.5. The monoisotopic (exact) mass is 450 g/mol. The number of fused-ring (bicyclic) bond motifs is 1. The lowest BCUT2D eigenvalue weighted by molar-refractivity contribution is -0.0529. The smallest absolute Gasteiger partial charge is 0.388 e. The SMILES string of the molecule is O=c1n2c(nn1[C@H]1C[C@H](Oc3ccc(OC(F)F)nc3)C1)CC[C@H]2c1cc(F)cc(F)c1. The fourth-order valence-corrected chi connectivity index (χ4v) is 4.26. The van der Waals surface area contributed by atoms with E-state index in [4.69, 9.17) is 4.74 Å². The molecule has 3 heterocycles. The van der Waals surface area contributed by atoms with Gasteiger partial charge in [0.1, 0.15) is 29.3 Å². The number of pyridine rings is 1. The van der Waals surface area contributed by atoms with E-state index in [-0.39, 0.29) is 23.7 Å². The molecule has 32 heavy (non-hydrogen) atoms. The molecular formula is C21H18F4N4O3. The highest BCUT2D eigenvalue weighted by atomic mass is 19.3. The first-order valence-corrected chi connectivity index (χ1v) is 10.1. The van der Waals surface area contributed by atoms with Crippen LogP contribution in [-0.2, 0) is 6.42 Å². The molecule has 3 aromatic rings. The third-order valence-electron chi connectivity index (χ3n) is 5.76. The van der Waals surface area contributed by atoms with Crippen LogP contribution in [0.5, 0.6) is 11.6 Å². The van der Waals surface area contributed by atoms with Gasteiger partial charge in [0.25, 0.3) is 0 Å². The van der Waals surface area contributed by atoms with Gasteiger partial charge in [0, 0.05) is 31.4 Å². The van der Waals surface area contributed by atoms with Gasteiger partial charge in [0.2, 0.25) is 5.88 Å². The fourth-order valence-electron chi connectivity index (χ4n) is 4.26. The number of alkyl halides is 2. The van der Waals surface area contributed by atoms with E-state index in [1.807, 2.05) is 0 Å². The summed E-state index contributed by atoms with van der Waals surface area (Å²) in [6.45, 7) is -2.95. The van der Waals surface area contributed by atoms with Gasteiger partial charge in [-0.3, -0.25) is 4.57 Å². The second-order valence-electron chi connectivity index (χ2n) is 7.85. The van der Waals surface area contributed by atoms with Gasteiger partial charge in [0.05, 0.1) is 18.3 Å². The molecule has 1 saturated carbocycles. The number of hydrogen-bond donors (Lipinski definition) is 0. The van der Waals surface area contributed by atoms with E-state index in [2.05, 4.69) is 14.8 Å².